The van der Waals surface area contributed by atoms with Gasteiger partial charge in [0.1, 0.15) is 5.75 Å². The SMILES string of the molecule is Oc1c(Cl)cc(Cl)cc1C=Nc1ccc2c3c(cccc13)CC2. The Morgan fingerprint density at radius 1 is 1.00 bits per heavy atom. The van der Waals surface area contributed by atoms with Crippen LogP contribution in [0, 0.1) is 0 Å². The molecule has 4 rings (SSSR count). The van der Waals surface area contributed by atoms with Crippen LogP contribution in [-0.4, -0.2) is 11.3 Å². The number of aliphatic imine (C=N–C) groups is 1. The van der Waals surface area contributed by atoms with Crippen molar-refractivity contribution in [1.82, 2.24) is 0 Å². The number of hydrogen-bond donors (Lipinski definition) is 1. The Morgan fingerprint density at radius 2 is 1.78 bits per heavy atom. The van der Waals surface area contributed by atoms with Gasteiger partial charge in [0.05, 0.1) is 10.7 Å². The standard InChI is InChI=1S/C19H13Cl2NO/c20-14-8-13(19(23)16(21)9-14)10-22-17-7-6-12-5-4-11-2-1-3-15(17)18(11)12/h1-3,6-10,23H,4-5H2. The average Bonchev–Trinajstić information content (AvgIpc) is 2.96. The van der Waals surface area contributed by atoms with Crippen molar-refractivity contribution in [3.8, 4) is 5.75 Å². The lowest BCUT2D eigenvalue weighted by Gasteiger charge is -2.06. The quantitative estimate of drug-likeness (QED) is 0.595. The molecule has 0 unspecified atom stereocenters. The summed E-state index contributed by atoms with van der Waals surface area (Å²) in [5.74, 6) is -0.00857. The normalized spacial score (nSPS) is 13.3. The van der Waals surface area contributed by atoms with Crippen molar-refractivity contribution in [2.75, 3.05) is 0 Å². The summed E-state index contributed by atoms with van der Waals surface area (Å²) in [6.07, 6.45) is 3.78. The molecular formula is C19H13Cl2NO. The van der Waals surface area contributed by atoms with Crippen molar-refractivity contribution in [2.24, 2.45) is 4.99 Å². The number of aryl methyl sites for hydroxylation is 2. The van der Waals surface area contributed by atoms with Gasteiger partial charge in [0.2, 0.25) is 0 Å². The Balaban J connectivity index is 1.83. The summed E-state index contributed by atoms with van der Waals surface area (Å²) in [6, 6.07) is 13.6. The summed E-state index contributed by atoms with van der Waals surface area (Å²) in [5.41, 5.74) is 4.14. The van der Waals surface area contributed by atoms with E-state index in [1.54, 1.807) is 12.3 Å². The van der Waals surface area contributed by atoms with E-state index in [4.69, 9.17) is 23.2 Å². The number of rotatable bonds is 2. The highest BCUT2D eigenvalue weighted by molar-refractivity contribution is 6.36. The first kappa shape index (κ1) is 14.6. The van der Waals surface area contributed by atoms with Crippen LogP contribution in [0.1, 0.15) is 16.7 Å². The van der Waals surface area contributed by atoms with Gasteiger partial charge in [0, 0.05) is 22.2 Å². The molecule has 0 radical (unpaired) electrons. The Kier molecular flexibility index (Phi) is 3.51. The molecule has 1 N–H and O–H groups in total. The van der Waals surface area contributed by atoms with Gasteiger partial charge in [-0.2, -0.15) is 0 Å². The maximum Gasteiger partial charge on any atom is 0.143 e. The number of phenols is 1. The van der Waals surface area contributed by atoms with Gasteiger partial charge in [-0.1, -0.05) is 47.5 Å². The number of aromatic hydroxyl groups is 1. The van der Waals surface area contributed by atoms with Crippen molar-refractivity contribution >= 4 is 45.9 Å². The smallest absolute Gasteiger partial charge is 0.143 e. The molecule has 0 fully saturated rings. The summed E-state index contributed by atoms with van der Waals surface area (Å²) < 4.78 is 0. The Morgan fingerprint density at radius 3 is 2.61 bits per heavy atom. The molecule has 0 aliphatic heterocycles. The van der Waals surface area contributed by atoms with Crippen LogP contribution < -0.4 is 0 Å². The predicted molar refractivity (Wildman–Crippen MR) is 96.7 cm³/mol. The first-order chi connectivity index (χ1) is 11.1. The third kappa shape index (κ3) is 2.48. The molecule has 0 bridgehead atoms. The molecule has 0 saturated heterocycles. The van der Waals surface area contributed by atoms with Crippen LogP contribution in [0.2, 0.25) is 10.0 Å². The fourth-order valence-corrected chi connectivity index (χ4v) is 3.68. The van der Waals surface area contributed by atoms with E-state index >= 15 is 0 Å². The van der Waals surface area contributed by atoms with E-state index in [2.05, 4.69) is 29.3 Å². The van der Waals surface area contributed by atoms with Crippen LogP contribution >= 0.6 is 23.2 Å². The van der Waals surface area contributed by atoms with Crippen LogP contribution in [0.3, 0.4) is 0 Å². The number of halogens is 2. The van der Waals surface area contributed by atoms with Gasteiger partial charge in [-0.15, -0.1) is 0 Å². The minimum Gasteiger partial charge on any atom is -0.506 e. The zero-order valence-electron chi connectivity index (χ0n) is 12.2. The molecule has 0 heterocycles. The third-order valence-corrected chi connectivity index (χ3v) is 4.76. The first-order valence-corrected chi connectivity index (χ1v) is 8.14. The van der Waals surface area contributed by atoms with E-state index in [0.29, 0.717) is 10.6 Å². The van der Waals surface area contributed by atoms with E-state index in [0.717, 1.165) is 23.9 Å². The van der Waals surface area contributed by atoms with Crippen molar-refractivity contribution in [2.45, 2.75) is 12.8 Å². The second-order valence-corrected chi connectivity index (χ2v) is 6.51. The number of hydrogen-bond acceptors (Lipinski definition) is 2. The maximum atomic E-state index is 10.0. The molecule has 0 spiro atoms. The van der Waals surface area contributed by atoms with Crippen LogP contribution in [0.4, 0.5) is 5.69 Å². The number of nitrogens with zero attached hydrogens (tertiary/aromatic N) is 1. The van der Waals surface area contributed by atoms with Crippen LogP contribution in [-0.2, 0) is 12.8 Å². The van der Waals surface area contributed by atoms with Crippen molar-refractivity contribution in [3.05, 3.63) is 69.2 Å². The van der Waals surface area contributed by atoms with Gasteiger partial charge in [0.15, 0.2) is 0 Å². The van der Waals surface area contributed by atoms with Crippen molar-refractivity contribution < 1.29 is 5.11 Å². The fraction of sp³-hybridized carbons (Fsp3) is 0.105. The first-order valence-electron chi connectivity index (χ1n) is 7.39. The molecule has 4 heteroatoms. The molecule has 23 heavy (non-hydrogen) atoms. The molecular weight excluding hydrogens is 329 g/mol. The highest BCUT2D eigenvalue weighted by atomic mass is 35.5. The van der Waals surface area contributed by atoms with Gasteiger partial charge in [0.25, 0.3) is 0 Å². The van der Waals surface area contributed by atoms with Crippen LogP contribution in [0.5, 0.6) is 5.75 Å². The van der Waals surface area contributed by atoms with Gasteiger partial charge in [-0.3, -0.25) is 4.99 Å². The minimum absolute atomic E-state index is 0.00857. The van der Waals surface area contributed by atoms with E-state index < -0.39 is 0 Å². The molecule has 0 atom stereocenters. The highest BCUT2D eigenvalue weighted by Gasteiger charge is 2.15. The lowest BCUT2D eigenvalue weighted by molar-refractivity contribution is 0.475. The lowest BCUT2D eigenvalue weighted by atomic mass is 10.0. The summed E-state index contributed by atoms with van der Waals surface area (Å²) in [7, 11) is 0. The summed E-state index contributed by atoms with van der Waals surface area (Å²) >= 11 is 11.9. The fourth-order valence-electron chi connectivity index (χ4n) is 3.17. The predicted octanol–water partition coefficient (Wildman–Crippen LogP) is 5.70. The molecule has 1 aliphatic carbocycles. The Hall–Kier alpha value is -2.03. The molecule has 114 valence electrons. The molecule has 0 aromatic heterocycles. The second-order valence-electron chi connectivity index (χ2n) is 5.67. The van der Waals surface area contributed by atoms with E-state index in [-0.39, 0.29) is 10.8 Å². The van der Waals surface area contributed by atoms with Crippen molar-refractivity contribution in [1.29, 1.82) is 0 Å². The highest BCUT2D eigenvalue weighted by Crippen LogP contribution is 2.36. The van der Waals surface area contributed by atoms with Gasteiger partial charge in [-0.05, 0) is 47.6 Å². The van der Waals surface area contributed by atoms with Gasteiger partial charge < -0.3 is 5.11 Å². The minimum atomic E-state index is -0.00857. The van der Waals surface area contributed by atoms with Crippen LogP contribution in [0.25, 0.3) is 10.8 Å². The lowest BCUT2D eigenvalue weighted by Crippen LogP contribution is -1.85. The Labute approximate surface area is 144 Å². The summed E-state index contributed by atoms with van der Waals surface area (Å²) in [4.78, 5) is 4.56. The van der Waals surface area contributed by atoms with E-state index in [1.165, 1.54) is 22.6 Å². The van der Waals surface area contributed by atoms with E-state index in [9.17, 15) is 5.11 Å². The van der Waals surface area contributed by atoms with Gasteiger partial charge >= 0.3 is 0 Å². The monoisotopic (exact) mass is 341 g/mol. The second kappa shape index (κ2) is 5.55. The number of benzene rings is 3. The van der Waals surface area contributed by atoms with Crippen LogP contribution in [0.15, 0.2) is 47.5 Å². The third-order valence-electron chi connectivity index (χ3n) is 4.25. The topological polar surface area (TPSA) is 32.6 Å². The molecule has 3 aromatic carbocycles. The largest absolute Gasteiger partial charge is 0.506 e. The van der Waals surface area contributed by atoms with Gasteiger partial charge in [-0.25, -0.2) is 0 Å². The molecule has 2 nitrogen and oxygen atoms in total. The zero-order valence-corrected chi connectivity index (χ0v) is 13.7. The van der Waals surface area contributed by atoms with Crippen molar-refractivity contribution in [3.63, 3.8) is 0 Å². The maximum absolute atomic E-state index is 10.0. The van der Waals surface area contributed by atoms with E-state index in [1.807, 2.05) is 6.07 Å². The molecule has 3 aromatic rings. The number of phenolic OH excluding ortho intramolecular Hbond substituents is 1. The Bertz CT molecular complexity index is 953. The zero-order chi connectivity index (χ0) is 16.0. The molecule has 1 aliphatic rings. The average molecular weight is 342 g/mol. The summed E-state index contributed by atoms with van der Waals surface area (Å²) in [5, 5.41) is 13.2. The molecule has 0 saturated carbocycles. The summed E-state index contributed by atoms with van der Waals surface area (Å²) in [6.45, 7) is 0. The molecule has 0 amide bonds.